The minimum Gasteiger partial charge on any atom is -0.309 e. The Morgan fingerprint density at radius 3 is 1.31 bits per heavy atom. The van der Waals surface area contributed by atoms with Gasteiger partial charge in [0.15, 0.2) is 17.5 Å². The molecular weight excluding hydrogens is 755 g/mol. The van der Waals surface area contributed by atoms with Crippen molar-refractivity contribution in [3.63, 3.8) is 0 Å². The summed E-state index contributed by atoms with van der Waals surface area (Å²) in [4.78, 5) is 16.0. The summed E-state index contributed by atoms with van der Waals surface area (Å²) in [5, 5.41) is 4.73. The van der Waals surface area contributed by atoms with E-state index in [9.17, 15) is 0 Å². The normalized spacial score (nSPS) is 11.5. The van der Waals surface area contributed by atoms with Crippen LogP contribution in [0.2, 0.25) is 0 Å². The smallest absolute Gasteiger partial charge is 0.166 e. The number of para-hydroxylation sites is 3. The Balaban J connectivity index is 1.13. The molecule has 9 aromatic carbocycles. The Morgan fingerprint density at radius 1 is 0.258 bits per heavy atom. The molecule has 0 saturated heterocycles. The van der Waals surface area contributed by atoms with Crippen LogP contribution in [0.5, 0.6) is 0 Å². The Hall–Kier alpha value is -8.41. The highest BCUT2D eigenvalue weighted by Gasteiger charge is 2.22. The van der Waals surface area contributed by atoms with Crippen LogP contribution in [0.4, 0.5) is 0 Å². The molecule has 0 bridgehead atoms. The van der Waals surface area contributed by atoms with E-state index in [2.05, 4.69) is 215 Å². The van der Waals surface area contributed by atoms with Gasteiger partial charge in [-0.3, -0.25) is 0 Å². The Kier molecular flexibility index (Phi) is 8.42. The van der Waals surface area contributed by atoms with E-state index in [1.165, 1.54) is 27.1 Å². The number of fused-ring (bicyclic) bond motifs is 6. The van der Waals surface area contributed by atoms with Crippen molar-refractivity contribution in [1.29, 1.82) is 0 Å². The van der Waals surface area contributed by atoms with Gasteiger partial charge in [-0.15, -0.1) is 0 Å². The number of hydrogen-bond donors (Lipinski definition) is 0. The molecular formula is C57H37N5. The minimum atomic E-state index is 0.595. The predicted molar refractivity (Wildman–Crippen MR) is 256 cm³/mol. The molecule has 3 aromatic heterocycles. The maximum atomic E-state index is 5.42. The summed E-state index contributed by atoms with van der Waals surface area (Å²) in [5.41, 5.74) is 13.8. The lowest BCUT2D eigenvalue weighted by atomic mass is 10.0. The number of benzene rings is 9. The van der Waals surface area contributed by atoms with Gasteiger partial charge in [0, 0.05) is 43.9 Å². The number of aromatic nitrogens is 5. The molecule has 5 nitrogen and oxygen atoms in total. The van der Waals surface area contributed by atoms with E-state index in [-0.39, 0.29) is 0 Å². The molecule has 0 spiro atoms. The van der Waals surface area contributed by atoms with E-state index in [4.69, 9.17) is 15.0 Å². The van der Waals surface area contributed by atoms with Gasteiger partial charge in [-0.05, 0) is 70.8 Å². The molecule has 12 aromatic rings. The van der Waals surface area contributed by atoms with Gasteiger partial charge in [0.05, 0.1) is 27.8 Å². The van der Waals surface area contributed by atoms with Gasteiger partial charge < -0.3 is 9.13 Å². The van der Waals surface area contributed by atoms with Crippen LogP contribution in [-0.2, 0) is 0 Å². The van der Waals surface area contributed by atoms with E-state index < -0.39 is 0 Å². The van der Waals surface area contributed by atoms with Gasteiger partial charge >= 0.3 is 0 Å². The molecule has 0 N–H and O–H groups in total. The van der Waals surface area contributed by atoms with Crippen LogP contribution >= 0.6 is 0 Å². The first-order valence-electron chi connectivity index (χ1n) is 20.9. The molecule has 0 aliphatic carbocycles. The number of hydrogen-bond acceptors (Lipinski definition) is 3. The molecule has 0 unspecified atom stereocenters. The van der Waals surface area contributed by atoms with Gasteiger partial charge in [0.1, 0.15) is 0 Å². The van der Waals surface area contributed by atoms with Crippen molar-refractivity contribution in [2.24, 2.45) is 0 Å². The molecule has 62 heavy (non-hydrogen) atoms. The van der Waals surface area contributed by atoms with Crippen LogP contribution in [0, 0.1) is 0 Å². The van der Waals surface area contributed by atoms with Crippen LogP contribution in [0.15, 0.2) is 224 Å². The highest BCUT2D eigenvalue weighted by Crippen LogP contribution is 2.40. The Bertz CT molecular complexity index is 3610. The molecule has 3 heterocycles. The molecule has 0 aliphatic rings. The van der Waals surface area contributed by atoms with Crippen LogP contribution in [0.1, 0.15) is 0 Å². The zero-order valence-electron chi connectivity index (χ0n) is 33.6. The first kappa shape index (κ1) is 35.5. The first-order chi connectivity index (χ1) is 30.7. The maximum absolute atomic E-state index is 5.42. The van der Waals surface area contributed by atoms with Gasteiger partial charge in [0.25, 0.3) is 0 Å². The van der Waals surface area contributed by atoms with Crippen LogP contribution in [0.3, 0.4) is 0 Å². The monoisotopic (exact) mass is 791 g/mol. The van der Waals surface area contributed by atoms with Gasteiger partial charge in [-0.2, -0.15) is 0 Å². The van der Waals surface area contributed by atoms with E-state index in [0.29, 0.717) is 17.5 Å². The summed E-state index contributed by atoms with van der Waals surface area (Å²) in [7, 11) is 0. The van der Waals surface area contributed by atoms with Crippen molar-refractivity contribution in [1.82, 2.24) is 24.1 Å². The quantitative estimate of drug-likeness (QED) is 0.162. The molecule has 0 atom stereocenters. The van der Waals surface area contributed by atoms with Crippen molar-refractivity contribution >= 4 is 43.6 Å². The Labute approximate surface area is 358 Å². The third kappa shape index (κ3) is 5.98. The average Bonchev–Trinajstić information content (AvgIpc) is 3.87. The highest BCUT2D eigenvalue weighted by atomic mass is 15.1. The lowest BCUT2D eigenvalue weighted by Gasteiger charge is -2.17. The van der Waals surface area contributed by atoms with E-state index >= 15 is 0 Å². The van der Waals surface area contributed by atoms with Crippen molar-refractivity contribution in [3.05, 3.63) is 224 Å². The van der Waals surface area contributed by atoms with E-state index in [1.54, 1.807) is 0 Å². The fourth-order valence-electron chi connectivity index (χ4n) is 9.06. The third-order valence-corrected chi connectivity index (χ3v) is 12.0. The van der Waals surface area contributed by atoms with Crippen LogP contribution < -0.4 is 0 Å². The highest BCUT2D eigenvalue weighted by molar-refractivity contribution is 6.11. The predicted octanol–water partition coefficient (Wildman–Crippen LogP) is 14.4. The molecule has 5 heteroatoms. The molecule has 0 fully saturated rings. The van der Waals surface area contributed by atoms with Gasteiger partial charge in [0.2, 0.25) is 0 Å². The molecule has 0 amide bonds. The third-order valence-electron chi connectivity index (χ3n) is 12.0. The summed E-state index contributed by atoms with van der Waals surface area (Å²) in [5.74, 6) is 1.81. The lowest BCUT2D eigenvalue weighted by molar-refractivity contribution is 1.06. The number of nitrogens with zero attached hydrogens (tertiary/aromatic N) is 5. The second-order valence-corrected chi connectivity index (χ2v) is 15.6. The lowest BCUT2D eigenvalue weighted by Crippen LogP contribution is -2.04. The summed E-state index contributed by atoms with van der Waals surface area (Å²) < 4.78 is 4.73. The second kappa shape index (κ2) is 14.7. The minimum absolute atomic E-state index is 0.595. The largest absolute Gasteiger partial charge is 0.309 e. The van der Waals surface area contributed by atoms with Crippen molar-refractivity contribution < 1.29 is 0 Å². The summed E-state index contributed by atoms with van der Waals surface area (Å²) >= 11 is 0. The van der Waals surface area contributed by atoms with Gasteiger partial charge in [-0.25, -0.2) is 15.0 Å². The van der Waals surface area contributed by atoms with Crippen molar-refractivity contribution in [3.8, 4) is 67.8 Å². The fraction of sp³-hybridized carbons (Fsp3) is 0. The summed E-state index contributed by atoms with van der Waals surface area (Å²) in [6, 6.07) is 79.3. The molecule has 290 valence electrons. The number of rotatable bonds is 7. The SMILES string of the molecule is c1ccc(-c2ccc(-c3nc(-c4ccccc4)nc(-c4ccc5c6ccccc6n(-c6ccccc6)c5c4)n3)c(-n3c4ccccc4c4ccc(-c5ccccc5)cc43)c2)cc1. The average molecular weight is 792 g/mol. The van der Waals surface area contributed by atoms with Crippen molar-refractivity contribution in [2.75, 3.05) is 0 Å². The summed E-state index contributed by atoms with van der Waals surface area (Å²) in [6.45, 7) is 0. The molecule has 0 radical (unpaired) electrons. The topological polar surface area (TPSA) is 48.5 Å². The van der Waals surface area contributed by atoms with Crippen molar-refractivity contribution in [2.45, 2.75) is 0 Å². The zero-order valence-corrected chi connectivity index (χ0v) is 33.6. The van der Waals surface area contributed by atoms with Gasteiger partial charge in [-0.1, -0.05) is 176 Å². The summed E-state index contributed by atoms with van der Waals surface area (Å²) in [6.07, 6.45) is 0. The molecule has 0 saturated carbocycles. The Morgan fingerprint density at radius 2 is 0.677 bits per heavy atom. The maximum Gasteiger partial charge on any atom is 0.166 e. The van der Waals surface area contributed by atoms with E-state index in [0.717, 1.165) is 66.8 Å². The molecule has 0 aliphatic heterocycles. The second-order valence-electron chi connectivity index (χ2n) is 15.6. The van der Waals surface area contributed by atoms with Crippen LogP contribution in [-0.4, -0.2) is 24.1 Å². The fourth-order valence-corrected chi connectivity index (χ4v) is 9.06. The van der Waals surface area contributed by atoms with E-state index in [1.807, 2.05) is 18.2 Å². The molecule has 12 rings (SSSR count). The van der Waals surface area contributed by atoms with Crippen LogP contribution in [0.25, 0.3) is 111 Å². The first-order valence-corrected chi connectivity index (χ1v) is 20.9. The standard InChI is InChI=1S/C57H37N5/c1-5-17-38(18-6-1)41-29-32-48-46-26-14-16-28-51(46)62(53(48)35-41)54-36-42(39-19-7-2-8-20-39)30-34-49(54)57-59-55(40-21-9-3-10-22-40)58-56(60-57)43-31-33-47-45-25-13-15-27-50(45)61(52(47)37-43)44-23-11-4-12-24-44/h1-37H. The zero-order chi connectivity index (χ0) is 41.0.